The number of benzene rings is 1. The monoisotopic (exact) mass is 336 g/mol. The molecule has 23 heavy (non-hydrogen) atoms. The molecule has 7 nitrogen and oxygen atoms in total. The molecule has 0 atom stereocenters. The number of aryl methyl sites for hydroxylation is 2. The molecule has 0 N–H and O–H groups in total. The van der Waals surface area contributed by atoms with E-state index in [2.05, 4.69) is 0 Å². The Morgan fingerprint density at radius 2 is 1.83 bits per heavy atom. The van der Waals surface area contributed by atoms with Gasteiger partial charge in [0, 0.05) is 18.8 Å². The Bertz CT molecular complexity index is 869. The molecule has 0 bridgehead atoms. The van der Waals surface area contributed by atoms with Crippen LogP contribution in [0.3, 0.4) is 0 Å². The first-order chi connectivity index (χ1) is 10.8. The summed E-state index contributed by atoms with van der Waals surface area (Å²) >= 11 is 0. The number of aromatic nitrogens is 1. The van der Waals surface area contributed by atoms with Gasteiger partial charge in [0.15, 0.2) is 9.84 Å². The Morgan fingerprint density at radius 1 is 1.17 bits per heavy atom. The summed E-state index contributed by atoms with van der Waals surface area (Å²) in [5, 5.41) is 10.7. The van der Waals surface area contributed by atoms with Crippen LogP contribution in [0.2, 0.25) is 0 Å². The fraction of sp³-hybridized carbons (Fsp3) is 0.267. The number of nitro groups is 1. The van der Waals surface area contributed by atoms with E-state index >= 15 is 0 Å². The maximum Gasteiger partial charge on any atom is 0.332 e. The first-order valence-corrected chi connectivity index (χ1v) is 8.59. The second-order valence-corrected chi connectivity index (χ2v) is 7.28. The Hall–Kier alpha value is -2.48. The van der Waals surface area contributed by atoms with Crippen LogP contribution in [0.1, 0.15) is 12.0 Å². The van der Waals surface area contributed by atoms with Crippen molar-refractivity contribution in [2.24, 2.45) is 0 Å². The van der Waals surface area contributed by atoms with Gasteiger partial charge < -0.3 is 4.57 Å². The van der Waals surface area contributed by atoms with Gasteiger partial charge in [0.05, 0.1) is 21.8 Å². The molecule has 0 saturated carbocycles. The molecule has 0 saturated heterocycles. The summed E-state index contributed by atoms with van der Waals surface area (Å²) < 4.78 is 25.8. The molecule has 2 aromatic rings. The summed E-state index contributed by atoms with van der Waals surface area (Å²) in [6, 6.07) is 7.70. The number of sulfone groups is 1. The number of pyridine rings is 1. The highest BCUT2D eigenvalue weighted by molar-refractivity contribution is 7.91. The number of hydrogen-bond acceptors (Lipinski definition) is 5. The maximum atomic E-state index is 12.2. The van der Waals surface area contributed by atoms with Crippen LogP contribution in [0.25, 0.3) is 0 Å². The molecule has 0 spiro atoms. The highest BCUT2D eigenvalue weighted by Crippen LogP contribution is 2.13. The normalized spacial score (nSPS) is 11.3. The fourth-order valence-electron chi connectivity index (χ4n) is 2.09. The number of hydrogen-bond donors (Lipinski definition) is 0. The minimum Gasteiger partial charge on any atom is -0.348 e. The molecule has 1 aromatic carbocycles. The smallest absolute Gasteiger partial charge is 0.332 e. The highest BCUT2D eigenvalue weighted by Gasteiger charge is 2.15. The van der Waals surface area contributed by atoms with Gasteiger partial charge in [-0.2, -0.15) is 0 Å². The summed E-state index contributed by atoms with van der Waals surface area (Å²) in [7, 11) is -3.39. The first-order valence-electron chi connectivity index (χ1n) is 6.93. The van der Waals surface area contributed by atoms with E-state index in [1.165, 1.54) is 10.8 Å². The minimum atomic E-state index is -3.39. The zero-order valence-corrected chi connectivity index (χ0v) is 13.3. The average Bonchev–Trinajstić information content (AvgIpc) is 2.49. The third-order valence-corrected chi connectivity index (χ3v) is 5.18. The minimum absolute atomic E-state index is 0.0734. The zero-order valence-electron chi connectivity index (χ0n) is 12.5. The number of nitrogens with zero attached hydrogens (tertiary/aromatic N) is 2. The molecule has 0 aliphatic heterocycles. The lowest BCUT2D eigenvalue weighted by atomic mass is 10.2. The van der Waals surface area contributed by atoms with Crippen molar-refractivity contribution in [2.75, 3.05) is 5.75 Å². The summed E-state index contributed by atoms with van der Waals surface area (Å²) in [5.41, 5.74) is -0.211. The van der Waals surface area contributed by atoms with E-state index in [9.17, 15) is 23.3 Å². The molecule has 0 amide bonds. The number of rotatable bonds is 6. The van der Waals surface area contributed by atoms with E-state index in [4.69, 9.17) is 0 Å². The summed E-state index contributed by atoms with van der Waals surface area (Å²) in [6.07, 6.45) is 2.82. The van der Waals surface area contributed by atoms with E-state index in [1.54, 1.807) is 24.3 Å². The molecule has 1 heterocycles. The molecule has 122 valence electrons. The Labute approximate surface area is 133 Å². The van der Waals surface area contributed by atoms with Gasteiger partial charge >= 0.3 is 5.69 Å². The lowest BCUT2D eigenvalue weighted by Gasteiger charge is -2.07. The SMILES string of the molecule is Cc1ccc(S(=O)(=O)CCCn2ccc(=O)c([N+](=O)[O-])c2)cc1. The van der Waals surface area contributed by atoms with Crippen LogP contribution in [0.5, 0.6) is 0 Å². The van der Waals surface area contributed by atoms with Crippen LogP contribution < -0.4 is 5.43 Å². The Morgan fingerprint density at radius 3 is 2.43 bits per heavy atom. The standard InChI is InChI=1S/C15H16N2O5S/c1-12-3-5-13(6-4-12)23(21,22)10-2-8-16-9-7-15(18)14(11-16)17(19)20/h3-7,9,11H,2,8,10H2,1H3. The van der Waals surface area contributed by atoms with Crippen molar-refractivity contribution >= 4 is 15.5 Å². The molecule has 0 unspecified atom stereocenters. The highest BCUT2D eigenvalue weighted by atomic mass is 32.2. The van der Waals surface area contributed by atoms with Crippen molar-refractivity contribution in [2.45, 2.75) is 24.8 Å². The third kappa shape index (κ3) is 4.26. The van der Waals surface area contributed by atoms with Gasteiger partial charge in [-0.25, -0.2) is 8.42 Å². The quantitative estimate of drug-likeness (QED) is 0.593. The van der Waals surface area contributed by atoms with Gasteiger partial charge in [-0.1, -0.05) is 17.7 Å². The second kappa shape index (κ2) is 6.74. The van der Waals surface area contributed by atoms with Crippen LogP contribution in [-0.2, 0) is 16.4 Å². The summed E-state index contributed by atoms with van der Waals surface area (Å²) in [6.45, 7) is 2.14. The second-order valence-electron chi connectivity index (χ2n) is 5.17. The molecular formula is C15H16N2O5S. The predicted molar refractivity (Wildman–Crippen MR) is 85.2 cm³/mol. The fourth-order valence-corrected chi connectivity index (χ4v) is 3.38. The van der Waals surface area contributed by atoms with Gasteiger partial charge in [-0.05, 0) is 25.5 Å². The molecular weight excluding hydrogens is 320 g/mol. The van der Waals surface area contributed by atoms with Gasteiger partial charge in [-0.15, -0.1) is 0 Å². The van der Waals surface area contributed by atoms with E-state index < -0.39 is 25.9 Å². The van der Waals surface area contributed by atoms with Crippen molar-refractivity contribution in [1.29, 1.82) is 0 Å². The lowest BCUT2D eigenvalue weighted by molar-refractivity contribution is -0.386. The van der Waals surface area contributed by atoms with Crippen molar-refractivity contribution in [3.63, 3.8) is 0 Å². The Balaban J connectivity index is 2.04. The molecule has 0 fully saturated rings. The van der Waals surface area contributed by atoms with Crippen molar-refractivity contribution in [1.82, 2.24) is 4.57 Å². The van der Waals surface area contributed by atoms with E-state index in [0.717, 1.165) is 17.8 Å². The molecule has 2 rings (SSSR count). The summed E-state index contributed by atoms with van der Waals surface area (Å²) in [4.78, 5) is 21.5. The third-order valence-electron chi connectivity index (χ3n) is 3.36. The van der Waals surface area contributed by atoms with E-state index in [-0.39, 0.29) is 23.6 Å². The van der Waals surface area contributed by atoms with E-state index in [1.807, 2.05) is 6.92 Å². The van der Waals surface area contributed by atoms with Crippen molar-refractivity contribution in [3.8, 4) is 0 Å². The van der Waals surface area contributed by atoms with Crippen LogP contribution in [0.4, 0.5) is 5.69 Å². The van der Waals surface area contributed by atoms with Crippen molar-refractivity contribution < 1.29 is 13.3 Å². The first kappa shape index (κ1) is 16.9. The molecule has 0 aliphatic rings. The van der Waals surface area contributed by atoms with Gasteiger partial charge in [0.1, 0.15) is 0 Å². The van der Waals surface area contributed by atoms with Gasteiger partial charge in [0.25, 0.3) is 5.43 Å². The van der Waals surface area contributed by atoms with Crippen LogP contribution in [0, 0.1) is 17.0 Å². The molecule has 0 radical (unpaired) electrons. The lowest BCUT2D eigenvalue weighted by Crippen LogP contribution is -2.13. The Kier molecular flexibility index (Phi) is 4.95. The van der Waals surface area contributed by atoms with Gasteiger partial charge in [0.2, 0.25) is 0 Å². The van der Waals surface area contributed by atoms with Crippen LogP contribution >= 0.6 is 0 Å². The average molecular weight is 336 g/mol. The van der Waals surface area contributed by atoms with Crippen LogP contribution in [-0.4, -0.2) is 23.7 Å². The zero-order chi connectivity index (χ0) is 17.0. The molecule has 1 aromatic heterocycles. The molecule has 8 heteroatoms. The topological polar surface area (TPSA) is 99.3 Å². The molecule has 0 aliphatic carbocycles. The van der Waals surface area contributed by atoms with Crippen LogP contribution in [0.15, 0.2) is 52.4 Å². The van der Waals surface area contributed by atoms with Gasteiger partial charge in [-0.3, -0.25) is 14.9 Å². The largest absolute Gasteiger partial charge is 0.348 e. The maximum absolute atomic E-state index is 12.2. The van der Waals surface area contributed by atoms with E-state index in [0.29, 0.717) is 0 Å². The van der Waals surface area contributed by atoms with Crippen molar-refractivity contribution in [3.05, 3.63) is 68.6 Å². The summed E-state index contributed by atoms with van der Waals surface area (Å²) in [5.74, 6) is -0.0734. The predicted octanol–water partition coefficient (Wildman–Crippen LogP) is 1.93.